The van der Waals surface area contributed by atoms with Crippen LogP contribution >= 0.6 is 0 Å². The summed E-state index contributed by atoms with van der Waals surface area (Å²) in [4.78, 5) is 63.7. The Morgan fingerprint density at radius 1 is 0.688 bits per heavy atom. The second-order valence-corrected chi connectivity index (χ2v) is 19.0. The zero-order valence-electron chi connectivity index (χ0n) is 39.6. The predicted octanol–water partition coefficient (Wildman–Crippen LogP) is 7.50. The number of rotatable bonds is 22. The number of nitrogens with zero attached hydrogens (tertiary/aromatic N) is 3. The molecule has 1 fully saturated rings. The van der Waals surface area contributed by atoms with Crippen LogP contribution in [0.1, 0.15) is 130 Å². The number of nitrogens with one attached hydrogen (secondary N) is 2. The first-order chi connectivity index (χ1) is 30.1. The molecule has 1 saturated heterocycles. The molecule has 1 aliphatic rings. The van der Waals surface area contributed by atoms with Crippen molar-refractivity contribution in [2.75, 3.05) is 32.8 Å². The minimum Gasteiger partial charge on any atom is -0.494 e. The van der Waals surface area contributed by atoms with Crippen LogP contribution in [0.5, 0.6) is 11.5 Å². The molecule has 0 aliphatic carbocycles. The van der Waals surface area contributed by atoms with Gasteiger partial charge in [0.15, 0.2) is 5.84 Å². The minimum absolute atomic E-state index is 0.00155. The number of benzene rings is 2. The second-order valence-electron chi connectivity index (χ2n) is 19.0. The Balaban J connectivity index is 1.56. The van der Waals surface area contributed by atoms with Crippen LogP contribution in [0, 0.1) is 17.8 Å². The molecule has 6 N–H and O–H groups in total. The van der Waals surface area contributed by atoms with E-state index < -0.39 is 47.3 Å². The van der Waals surface area contributed by atoms with Crippen LogP contribution in [0.15, 0.2) is 58.8 Å². The molecule has 3 rings (SSSR count). The lowest BCUT2D eigenvalue weighted by Crippen LogP contribution is -2.46. The van der Waals surface area contributed by atoms with Crippen molar-refractivity contribution in [2.45, 2.75) is 137 Å². The number of likely N-dealkylation sites (tertiary alicyclic amines) is 1. The smallest absolute Gasteiger partial charge is 0.408 e. The van der Waals surface area contributed by atoms with Crippen molar-refractivity contribution < 1.29 is 47.8 Å². The average molecular weight is 896 g/mol. The number of carbonyl (C=O) groups is 4. The summed E-state index contributed by atoms with van der Waals surface area (Å²) < 4.78 is 22.7. The maximum atomic E-state index is 13.4. The van der Waals surface area contributed by atoms with Gasteiger partial charge in [0.2, 0.25) is 5.91 Å². The summed E-state index contributed by atoms with van der Waals surface area (Å²) in [7, 11) is 0. The first kappa shape index (κ1) is 52.8. The lowest BCUT2D eigenvalue weighted by molar-refractivity contribution is -0.147. The Kier molecular flexibility index (Phi) is 21.1. The SMILES string of the molecule is CC(C)C[C@H](NC(=O)OC(C)(C)C)C(=O)ON=C(ON=C(N)c1ccc(OCCCC2CCN(CCCOc3ccc(C(N)=O)cc3)CC2)cc1)[C@H](CC(C)C)NC(=O)OC(C)(C)C. The lowest BCUT2D eigenvalue weighted by atomic mass is 9.92. The number of hydrogen-bond donors (Lipinski definition) is 4. The number of nitrogens with two attached hydrogens (primary N) is 2. The monoisotopic (exact) mass is 896 g/mol. The molecule has 0 radical (unpaired) electrons. The highest BCUT2D eigenvalue weighted by atomic mass is 16.7. The van der Waals surface area contributed by atoms with E-state index in [-0.39, 0.29) is 30.0 Å². The van der Waals surface area contributed by atoms with E-state index in [0.29, 0.717) is 42.4 Å². The maximum Gasteiger partial charge on any atom is 0.408 e. The van der Waals surface area contributed by atoms with Gasteiger partial charge in [0.25, 0.3) is 5.90 Å². The Bertz CT molecular complexity index is 1830. The van der Waals surface area contributed by atoms with Gasteiger partial charge in [-0.2, -0.15) is 0 Å². The van der Waals surface area contributed by atoms with Crippen molar-refractivity contribution in [2.24, 2.45) is 39.5 Å². The molecular weight excluding hydrogens is 823 g/mol. The summed E-state index contributed by atoms with van der Waals surface area (Å²) in [5.41, 5.74) is 11.1. The normalized spacial score (nSPS) is 15.2. The van der Waals surface area contributed by atoms with E-state index in [9.17, 15) is 19.2 Å². The highest BCUT2D eigenvalue weighted by Crippen LogP contribution is 2.23. The van der Waals surface area contributed by atoms with Crippen LogP contribution in [-0.4, -0.2) is 96.8 Å². The van der Waals surface area contributed by atoms with Crippen LogP contribution in [0.2, 0.25) is 0 Å². The summed E-state index contributed by atoms with van der Waals surface area (Å²) in [6, 6.07) is 11.9. The van der Waals surface area contributed by atoms with Gasteiger partial charge >= 0.3 is 18.2 Å². The predicted molar refractivity (Wildman–Crippen MR) is 246 cm³/mol. The molecule has 0 unspecified atom stereocenters. The minimum atomic E-state index is -1.10. The second kappa shape index (κ2) is 25.6. The number of amidine groups is 1. The quantitative estimate of drug-likeness (QED) is 0.0296. The third-order valence-electron chi connectivity index (χ3n) is 9.75. The van der Waals surface area contributed by atoms with Crippen molar-refractivity contribution in [3.63, 3.8) is 0 Å². The number of primary amides is 1. The van der Waals surface area contributed by atoms with Crippen LogP contribution in [0.4, 0.5) is 9.59 Å². The Morgan fingerprint density at radius 2 is 1.17 bits per heavy atom. The molecule has 64 heavy (non-hydrogen) atoms. The molecule has 1 aliphatic heterocycles. The van der Waals surface area contributed by atoms with Gasteiger partial charge in [-0.05, 0) is 171 Å². The zero-order chi connectivity index (χ0) is 47.5. The standard InChI is InChI=1S/C47H73N7O10/c1-31(2)29-38(50-44(57)61-46(5,6)7)42(53-64-43(56)39(30-32(3)4)51-45(58)62-47(8,9)10)63-52-40(48)34-14-18-36(19-15-34)59-27-11-13-33-22-25-54(26-23-33)24-12-28-60-37-20-16-35(17-21-37)41(49)55/h14-21,31-33,38-39H,11-13,22-30H2,1-10H3,(H2,48,52)(H2,49,55)(H,50,57)(H,51,58)/t38-,39-/m0/s1. The number of carbonyl (C=O) groups excluding carboxylic acids is 4. The van der Waals surface area contributed by atoms with Crippen LogP contribution in [0.3, 0.4) is 0 Å². The van der Waals surface area contributed by atoms with Gasteiger partial charge in [-0.1, -0.05) is 32.9 Å². The molecule has 2 atom stereocenters. The fraction of sp³-hybridized carbons (Fsp3) is 0.617. The fourth-order valence-corrected chi connectivity index (χ4v) is 6.70. The molecule has 17 heteroatoms. The van der Waals surface area contributed by atoms with Crippen molar-refractivity contribution in [3.8, 4) is 11.5 Å². The summed E-state index contributed by atoms with van der Waals surface area (Å²) in [6.45, 7) is 22.3. The molecule has 356 valence electrons. The van der Waals surface area contributed by atoms with Crippen LogP contribution < -0.4 is 31.6 Å². The van der Waals surface area contributed by atoms with Crippen molar-refractivity contribution in [3.05, 3.63) is 59.7 Å². The number of ether oxygens (including phenoxy) is 4. The molecule has 17 nitrogen and oxygen atoms in total. The molecule has 2 aromatic rings. The van der Waals surface area contributed by atoms with E-state index in [1.54, 1.807) is 90.1 Å². The summed E-state index contributed by atoms with van der Waals surface area (Å²) in [6.07, 6.45) is 4.26. The zero-order valence-corrected chi connectivity index (χ0v) is 39.6. The van der Waals surface area contributed by atoms with Gasteiger partial charge in [-0.15, -0.1) is 0 Å². The van der Waals surface area contributed by atoms with E-state index in [4.69, 9.17) is 40.1 Å². The Morgan fingerprint density at radius 3 is 1.67 bits per heavy atom. The molecule has 0 aromatic heterocycles. The number of oxime groups is 2. The molecule has 2 aromatic carbocycles. The molecule has 0 saturated carbocycles. The maximum absolute atomic E-state index is 13.4. The Labute approximate surface area is 379 Å². The molecule has 0 spiro atoms. The van der Waals surface area contributed by atoms with E-state index in [0.717, 1.165) is 57.5 Å². The van der Waals surface area contributed by atoms with Gasteiger partial charge in [0, 0.05) is 17.7 Å². The molecule has 0 bridgehead atoms. The Hall–Kier alpha value is -5.58. The van der Waals surface area contributed by atoms with Crippen LogP contribution in [-0.2, 0) is 23.9 Å². The highest BCUT2D eigenvalue weighted by molar-refractivity contribution is 5.98. The average Bonchev–Trinajstić information content (AvgIpc) is 3.19. The largest absolute Gasteiger partial charge is 0.494 e. The van der Waals surface area contributed by atoms with E-state index in [1.165, 1.54) is 0 Å². The van der Waals surface area contributed by atoms with Crippen molar-refractivity contribution in [1.82, 2.24) is 15.5 Å². The van der Waals surface area contributed by atoms with Gasteiger partial charge in [-0.3, -0.25) is 4.79 Å². The third kappa shape index (κ3) is 21.2. The molecule has 1 heterocycles. The molecular formula is C47H73N7O10. The number of alkyl carbamates (subject to hydrolysis) is 2. The van der Waals surface area contributed by atoms with Gasteiger partial charge in [0.05, 0.1) is 13.2 Å². The van der Waals surface area contributed by atoms with E-state index >= 15 is 0 Å². The third-order valence-corrected chi connectivity index (χ3v) is 9.75. The van der Waals surface area contributed by atoms with Crippen molar-refractivity contribution in [1.29, 1.82) is 0 Å². The van der Waals surface area contributed by atoms with Gasteiger partial charge < -0.3 is 55.6 Å². The van der Waals surface area contributed by atoms with Gasteiger partial charge in [-0.25, -0.2) is 14.4 Å². The highest BCUT2D eigenvalue weighted by Gasteiger charge is 2.30. The van der Waals surface area contributed by atoms with Gasteiger partial charge in [0.1, 0.15) is 34.8 Å². The first-order valence-electron chi connectivity index (χ1n) is 22.3. The first-order valence-corrected chi connectivity index (χ1v) is 22.3. The van der Waals surface area contributed by atoms with Crippen LogP contribution in [0.25, 0.3) is 0 Å². The number of amides is 3. The summed E-state index contributed by atoms with van der Waals surface area (Å²) in [5, 5.41) is 13.4. The van der Waals surface area contributed by atoms with E-state index in [2.05, 4.69) is 25.8 Å². The topological polar surface area (TPSA) is 228 Å². The molecule has 3 amide bonds. The van der Waals surface area contributed by atoms with Crippen molar-refractivity contribution >= 4 is 35.8 Å². The number of piperidine rings is 1. The number of hydrogen-bond acceptors (Lipinski definition) is 13. The van der Waals surface area contributed by atoms with E-state index in [1.807, 2.05) is 27.7 Å². The summed E-state index contributed by atoms with van der Waals surface area (Å²) >= 11 is 0. The fourth-order valence-electron chi connectivity index (χ4n) is 6.70. The lowest BCUT2D eigenvalue weighted by Gasteiger charge is -2.32. The summed E-state index contributed by atoms with van der Waals surface area (Å²) in [5.74, 6) is 0.485.